The Balaban J connectivity index is 2.68. The summed E-state index contributed by atoms with van der Waals surface area (Å²) in [5.74, 6) is 0. The summed E-state index contributed by atoms with van der Waals surface area (Å²) in [6.45, 7) is 2.03. The summed E-state index contributed by atoms with van der Waals surface area (Å²) in [4.78, 5) is 4.29. The molecule has 4 heteroatoms. The maximum atomic E-state index is 11.2. The zero-order valence-electron chi connectivity index (χ0n) is 7.40. The van der Waals surface area contributed by atoms with Crippen LogP contribution in [0.25, 0.3) is 10.2 Å². The summed E-state index contributed by atoms with van der Waals surface area (Å²) in [5, 5.41) is 0. The van der Waals surface area contributed by atoms with Gasteiger partial charge in [-0.2, -0.15) is 0 Å². The zero-order valence-corrected chi connectivity index (χ0v) is 9.04. The van der Waals surface area contributed by atoms with E-state index in [0.29, 0.717) is 4.34 Å². The number of rotatable bonds is 1. The molecule has 1 atom stereocenters. The molecule has 0 aliphatic heterocycles. The van der Waals surface area contributed by atoms with E-state index in [1.165, 1.54) is 16.9 Å². The number of nitrogens with zero attached hydrogens (tertiary/aromatic N) is 1. The number of hydrogen-bond donors (Lipinski definition) is 0. The molecule has 0 amide bonds. The van der Waals surface area contributed by atoms with Crippen molar-refractivity contribution in [2.75, 3.05) is 6.26 Å². The molecule has 0 bridgehead atoms. The van der Waals surface area contributed by atoms with Crippen LogP contribution in [0.1, 0.15) is 5.56 Å². The van der Waals surface area contributed by atoms with Crippen LogP contribution in [0.3, 0.4) is 0 Å². The fourth-order valence-corrected chi connectivity index (χ4v) is 2.78. The highest BCUT2D eigenvalue weighted by atomic mass is 32.2. The molecule has 0 aliphatic carbocycles. The Morgan fingerprint density at radius 3 is 2.92 bits per heavy atom. The molecule has 1 aromatic heterocycles. The van der Waals surface area contributed by atoms with Gasteiger partial charge in [-0.3, -0.25) is 4.21 Å². The maximum Gasteiger partial charge on any atom is 0.181 e. The van der Waals surface area contributed by atoms with Gasteiger partial charge in [0.15, 0.2) is 4.34 Å². The minimum atomic E-state index is -0.961. The lowest BCUT2D eigenvalue weighted by molar-refractivity contribution is 0.686. The topological polar surface area (TPSA) is 30.0 Å². The number of aromatic nitrogens is 1. The fraction of sp³-hybridized carbons (Fsp3) is 0.222. The van der Waals surface area contributed by atoms with Gasteiger partial charge in [0.1, 0.15) is 0 Å². The second kappa shape index (κ2) is 3.20. The van der Waals surface area contributed by atoms with Gasteiger partial charge in [-0.25, -0.2) is 4.98 Å². The van der Waals surface area contributed by atoms with Crippen LogP contribution in [-0.4, -0.2) is 15.4 Å². The highest BCUT2D eigenvalue weighted by Gasteiger charge is 2.05. The van der Waals surface area contributed by atoms with E-state index < -0.39 is 10.8 Å². The molecule has 1 heterocycles. The van der Waals surface area contributed by atoms with Gasteiger partial charge in [0.2, 0.25) is 0 Å². The number of fused-ring (bicyclic) bond motifs is 1. The average Bonchev–Trinajstić information content (AvgIpc) is 2.46. The predicted octanol–water partition coefficient (Wildman–Crippen LogP) is 2.34. The summed E-state index contributed by atoms with van der Waals surface area (Å²) in [6.07, 6.45) is 1.66. The van der Waals surface area contributed by atoms with Crippen molar-refractivity contribution in [2.24, 2.45) is 0 Å². The first kappa shape index (κ1) is 8.84. The molecular formula is C9H9NOS2. The van der Waals surface area contributed by atoms with Crippen LogP contribution in [0.4, 0.5) is 0 Å². The van der Waals surface area contributed by atoms with E-state index in [2.05, 4.69) is 4.98 Å². The fourth-order valence-electron chi connectivity index (χ4n) is 1.14. The molecule has 2 aromatic rings. The zero-order chi connectivity index (χ0) is 9.42. The summed E-state index contributed by atoms with van der Waals surface area (Å²) in [5.41, 5.74) is 2.14. The molecule has 0 radical (unpaired) electrons. The van der Waals surface area contributed by atoms with Crippen LogP contribution in [0.5, 0.6) is 0 Å². The summed E-state index contributed by atoms with van der Waals surface area (Å²) < 4.78 is 13.0. The summed E-state index contributed by atoms with van der Waals surface area (Å²) >= 11 is 1.50. The van der Waals surface area contributed by atoms with Gasteiger partial charge in [0.25, 0.3) is 0 Å². The average molecular weight is 211 g/mol. The predicted molar refractivity (Wildman–Crippen MR) is 56.7 cm³/mol. The molecule has 0 N–H and O–H groups in total. The molecule has 0 fully saturated rings. The van der Waals surface area contributed by atoms with E-state index in [9.17, 15) is 4.21 Å². The Bertz CT molecular complexity index is 475. The lowest BCUT2D eigenvalue weighted by Gasteiger charge is -1.88. The van der Waals surface area contributed by atoms with Gasteiger partial charge >= 0.3 is 0 Å². The molecule has 68 valence electrons. The normalized spacial score (nSPS) is 13.4. The molecule has 0 saturated carbocycles. The first-order valence-corrected chi connectivity index (χ1v) is 6.25. The first-order chi connectivity index (χ1) is 6.16. The van der Waals surface area contributed by atoms with E-state index in [4.69, 9.17) is 0 Å². The molecular weight excluding hydrogens is 202 g/mol. The van der Waals surface area contributed by atoms with Crippen molar-refractivity contribution in [1.82, 2.24) is 4.98 Å². The van der Waals surface area contributed by atoms with Gasteiger partial charge in [0, 0.05) is 6.26 Å². The SMILES string of the molecule is Cc1ccc2sc(S(C)=O)nc2c1. The highest BCUT2D eigenvalue weighted by Crippen LogP contribution is 2.24. The van der Waals surface area contributed by atoms with Crippen molar-refractivity contribution in [2.45, 2.75) is 11.3 Å². The van der Waals surface area contributed by atoms with Gasteiger partial charge < -0.3 is 0 Å². The maximum absolute atomic E-state index is 11.2. The Morgan fingerprint density at radius 2 is 2.23 bits per heavy atom. The van der Waals surface area contributed by atoms with Crippen LogP contribution in [-0.2, 0) is 10.8 Å². The minimum Gasteiger partial charge on any atom is -0.252 e. The Hall–Kier alpha value is -0.740. The van der Waals surface area contributed by atoms with E-state index in [1.54, 1.807) is 6.26 Å². The van der Waals surface area contributed by atoms with Crippen molar-refractivity contribution >= 4 is 32.4 Å². The third-order valence-electron chi connectivity index (χ3n) is 1.77. The lowest BCUT2D eigenvalue weighted by atomic mass is 10.2. The van der Waals surface area contributed by atoms with E-state index in [1.807, 2.05) is 25.1 Å². The minimum absolute atomic E-state index is 0.709. The molecule has 1 aromatic carbocycles. The molecule has 2 nitrogen and oxygen atoms in total. The molecule has 2 rings (SSSR count). The number of benzene rings is 1. The third kappa shape index (κ3) is 1.64. The third-order valence-corrected chi connectivity index (χ3v) is 4.14. The molecule has 0 aliphatic rings. The quantitative estimate of drug-likeness (QED) is 0.724. The van der Waals surface area contributed by atoms with Crippen molar-refractivity contribution in [3.63, 3.8) is 0 Å². The Kier molecular flexibility index (Phi) is 2.17. The standard InChI is InChI=1S/C9H9NOS2/c1-6-3-4-8-7(5-6)10-9(12-8)13(2)11/h3-5H,1-2H3. The summed E-state index contributed by atoms with van der Waals surface area (Å²) in [6, 6.07) is 6.09. The van der Waals surface area contributed by atoms with Crippen LogP contribution < -0.4 is 0 Å². The van der Waals surface area contributed by atoms with Crippen molar-refractivity contribution in [1.29, 1.82) is 0 Å². The number of thiazole rings is 1. The van der Waals surface area contributed by atoms with Gasteiger partial charge in [-0.05, 0) is 24.6 Å². The first-order valence-electron chi connectivity index (χ1n) is 3.87. The second-order valence-electron chi connectivity index (χ2n) is 2.91. The van der Waals surface area contributed by atoms with Crippen molar-refractivity contribution < 1.29 is 4.21 Å². The van der Waals surface area contributed by atoms with Crippen LogP contribution in [0.2, 0.25) is 0 Å². The van der Waals surface area contributed by atoms with Gasteiger partial charge in [0.05, 0.1) is 21.0 Å². The van der Waals surface area contributed by atoms with E-state index >= 15 is 0 Å². The van der Waals surface area contributed by atoms with E-state index in [-0.39, 0.29) is 0 Å². The van der Waals surface area contributed by atoms with E-state index in [0.717, 1.165) is 10.2 Å². The summed E-state index contributed by atoms with van der Waals surface area (Å²) in [7, 11) is -0.961. The molecule has 13 heavy (non-hydrogen) atoms. The largest absolute Gasteiger partial charge is 0.252 e. The molecule has 0 saturated heterocycles. The van der Waals surface area contributed by atoms with Crippen molar-refractivity contribution in [3.8, 4) is 0 Å². The number of hydrogen-bond acceptors (Lipinski definition) is 3. The molecule has 0 spiro atoms. The second-order valence-corrected chi connectivity index (χ2v) is 5.49. The monoisotopic (exact) mass is 211 g/mol. The van der Waals surface area contributed by atoms with Gasteiger partial charge in [-0.15, -0.1) is 11.3 Å². The highest BCUT2D eigenvalue weighted by molar-refractivity contribution is 7.86. The van der Waals surface area contributed by atoms with Crippen LogP contribution >= 0.6 is 11.3 Å². The lowest BCUT2D eigenvalue weighted by Crippen LogP contribution is -1.83. The van der Waals surface area contributed by atoms with Gasteiger partial charge in [-0.1, -0.05) is 6.07 Å². The smallest absolute Gasteiger partial charge is 0.181 e. The van der Waals surface area contributed by atoms with Crippen molar-refractivity contribution in [3.05, 3.63) is 23.8 Å². The number of aryl methyl sites for hydroxylation is 1. The Labute approximate surface area is 83.1 Å². The Morgan fingerprint density at radius 1 is 1.46 bits per heavy atom. The van der Waals surface area contributed by atoms with Crippen LogP contribution in [0.15, 0.2) is 22.5 Å². The van der Waals surface area contributed by atoms with Crippen LogP contribution in [0, 0.1) is 6.92 Å². The molecule has 1 unspecified atom stereocenters.